The number of hydrogen-bond acceptors (Lipinski definition) is 5. The molecule has 1 saturated carbocycles. The maximum absolute atomic E-state index is 6.08. The molecule has 0 aromatic carbocycles. The highest BCUT2D eigenvalue weighted by molar-refractivity contribution is 7.16. The second kappa shape index (κ2) is 4.58. The van der Waals surface area contributed by atoms with Gasteiger partial charge in [-0.2, -0.15) is 0 Å². The molecule has 90 valence electrons. The molecule has 2 aromatic heterocycles. The summed E-state index contributed by atoms with van der Waals surface area (Å²) in [5.41, 5.74) is 6.08. The molecule has 2 unspecified atom stereocenters. The highest BCUT2D eigenvalue weighted by Crippen LogP contribution is 2.28. The molecule has 0 amide bonds. The Bertz CT molecular complexity index is 513. The first kappa shape index (κ1) is 10.9. The highest BCUT2D eigenvalue weighted by Gasteiger charge is 2.24. The number of ether oxygens (including phenoxy) is 1. The minimum absolute atomic E-state index is 0.0988. The monoisotopic (exact) mass is 249 g/mol. The molecule has 2 atom stereocenters. The van der Waals surface area contributed by atoms with Crippen LogP contribution in [0.4, 0.5) is 0 Å². The number of rotatable bonds is 2. The Labute approximate surface area is 104 Å². The van der Waals surface area contributed by atoms with Crippen molar-refractivity contribution in [2.45, 2.75) is 37.8 Å². The van der Waals surface area contributed by atoms with Gasteiger partial charge in [0.25, 0.3) is 0 Å². The van der Waals surface area contributed by atoms with Gasteiger partial charge in [0.2, 0.25) is 5.88 Å². The summed E-state index contributed by atoms with van der Waals surface area (Å²) in [6.07, 6.45) is 6.12. The summed E-state index contributed by atoms with van der Waals surface area (Å²) in [5.74, 6) is 0.679. The number of nitrogens with two attached hydrogens (primary N) is 1. The first-order valence-corrected chi connectivity index (χ1v) is 6.83. The molecule has 0 aliphatic heterocycles. The SMILES string of the molecule is NC1CCCCC1Oc1ncnc2sccc12. The molecule has 0 radical (unpaired) electrons. The number of hydrogen-bond donors (Lipinski definition) is 1. The van der Waals surface area contributed by atoms with Gasteiger partial charge in [0.05, 0.1) is 5.39 Å². The lowest BCUT2D eigenvalue weighted by atomic mass is 9.93. The van der Waals surface area contributed by atoms with E-state index < -0.39 is 0 Å². The van der Waals surface area contributed by atoms with E-state index in [1.54, 1.807) is 17.7 Å². The van der Waals surface area contributed by atoms with Gasteiger partial charge in [-0.25, -0.2) is 9.97 Å². The summed E-state index contributed by atoms with van der Waals surface area (Å²) in [5, 5.41) is 3.00. The van der Waals surface area contributed by atoms with Crippen LogP contribution in [-0.2, 0) is 0 Å². The minimum Gasteiger partial charge on any atom is -0.472 e. The van der Waals surface area contributed by atoms with Crippen molar-refractivity contribution >= 4 is 21.6 Å². The van der Waals surface area contributed by atoms with Crippen molar-refractivity contribution in [2.24, 2.45) is 5.73 Å². The van der Waals surface area contributed by atoms with Crippen LogP contribution in [-0.4, -0.2) is 22.1 Å². The summed E-state index contributed by atoms with van der Waals surface area (Å²) in [6.45, 7) is 0. The van der Waals surface area contributed by atoms with Crippen LogP contribution in [0.2, 0.25) is 0 Å². The zero-order valence-corrected chi connectivity index (χ0v) is 10.3. The standard InChI is InChI=1S/C12H15N3OS/c13-9-3-1-2-4-10(9)16-11-8-5-6-17-12(8)15-7-14-11/h5-7,9-10H,1-4,13H2. The summed E-state index contributed by atoms with van der Waals surface area (Å²) in [7, 11) is 0. The van der Waals surface area contributed by atoms with Gasteiger partial charge in [0, 0.05) is 6.04 Å². The van der Waals surface area contributed by atoms with E-state index in [-0.39, 0.29) is 12.1 Å². The number of aromatic nitrogens is 2. The van der Waals surface area contributed by atoms with Gasteiger partial charge >= 0.3 is 0 Å². The highest BCUT2D eigenvalue weighted by atomic mass is 32.1. The van der Waals surface area contributed by atoms with Gasteiger partial charge in [-0.1, -0.05) is 6.42 Å². The molecule has 2 heterocycles. The Morgan fingerprint density at radius 3 is 3.06 bits per heavy atom. The largest absolute Gasteiger partial charge is 0.472 e. The van der Waals surface area contributed by atoms with Crippen LogP contribution in [0, 0.1) is 0 Å². The smallest absolute Gasteiger partial charge is 0.225 e. The lowest BCUT2D eigenvalue weighted by Gasteiger charge is -2.28. The molecule has 0 spiro atoms. The predicted molar refractivity (Wildman–Crippen MR) is 68.3 cm³/mol. The van der Waals surface area contributed by atoms with Gasteiger partial charge in [-0.05, 0) is 30.7 Å². The number of thiophene rings is 1. The van der Waals surface area contributed by atoms with Gasteiger partial charge in [0.15, 0.2) is 0 Å². The van der Waals surface area contributed by atoms with Crippen LogP contribution in [0.25, 0.3) is 10.2 Å². The van der Waals surface area contributed by atoms with E-state index in [1.807, 2.05) is 11.4 Å². The van der Waals surface area contributed by atoms with Crippen molar-refractivity contribution in [3.63, 3.8) is 0 Å². The lowest BCUT2D eigenvalue weighted by molar-refractivity contribution is 0.128. The predicted octanol–water partition coefficient (Wildman–Crippen LogP) is 2.34. The number of fused-ring (bicyclic) bond motifs is 1. The van der Waals surface area contributed by atoms with Crippen LogP contribution in [0.15, 0.2) is 17.8 Å². The fourth-order valence-corrected chi connectivity index (χ4v) is 3.00. The minimum atomic E-state index is 0.0988. The normalized spacial score (nSPS) is 25.0. The Morgan fingerprint density at radius 2 is 2.18 bits per heavy atom. The first-order valence-electron chi connectivity index (χ1n) is 5.95. The molecule has 1 aliphatic rings. The molecule has 5 heteroatoms. The van der Waals surface area contributed by atoms with Crippen molar-refractivity contribution in [1.82, 2.24) is 9.97 Å². The third kappa shape index (κ3) is 2.12. The maximum Gasteiger partial charge on any atom is 0.225 e. The maximum atomic E-state index is 6.08. The first-order chi connectivity index (χ1) is 8.34. The molecule has 1 fully saturated rings. The zero-order valence-electron chi connectivity index (χ0n) is 9.50. The Kier molecular flexibility index (Phi) is 2.94. The van der Waals surface area contributed by atoms with Crippen molar-refractivity contribution in [1.29, 1.82) is 0 Å². The van der Waals surface area contributed by atoms with Crippen LogP contribution < -0.4 is 10.5 Å². The summed E-state index contributed by atoms with van der Waals surface area (Å²) in [4.78, 5) is 9.41. The Balaban J connectivity index is 1.86. The van der Waals surface area contributed by atoms with E-state index in [0.29, 0.717) is 5.88 Å². The molecule has 2 aromatic rings. The van der Waals surface area contributed by atoms with E-state index in [1.165, 1.54) is 12.8 Å². The molecule has 1 aliphatic carbocycles. The van der Waals surface area contributed by atoms with E-state index >= 15 is 0 Å². The Hall–Kier alpha value is -1.20. The molecule has 4 nitrogen and oxygen atoms in total. The zero-order chi connectivity index (χ0) is 11.7. The van der Waals surface area contributed by atoms with E-state index in [4.69, 9.17) is 10.5 Å². The Morgan fingerprint density at radius 1 is 1.29 bits per heavy atom. The van der Waals surface area contributed by atoms with Gasteiger partial charge in [-0.15, -0.1) is 11.3 Å². The average molecular weight is 249 g/mol. The molecule has 0 bridgehead atoms. The van der Waals surface area contributed by atoms with Crippen molar-refractivity contribution < 1.29 is 4.74 Å². The van der Waals surface area contributed by atoms with Crippen LogP contribution in [0.5, 0.6) is 5.88 Å². The van der Waals surface area contributed by atoms with Crippen LogP contribution in [0.3, 0.4) is 0 Å². The molecule has 17 heavy (non-hydrogen) atoms. The number of nitrogens with zero attached hydrogens (tertiary/aromatic N) is 2. The third-order valence-corrected chi connectivity index (χ3v) is 4.06. The van der Waals surface area contributed by atoms with E-state index in [2.05, 4.69) is 9.97 Å². The van der Waals surface area contributed by atoms with Gasteiger partial charge < -0.3 is 10.5 Å². The lowest BCUT2D eigenvalue weighted by Crippen LogP contribution is -2.41. The fourth-order valence-electron chi connectivity index (χ4n) is 2.28. The molecule has 0 saturated heterocycles. The van der Waals surface area contributed by atoms with Crippen LogP contribution in [0.1, 0.15) is 25.7 Å². The third-order valence-electron chi connectivity index (χ3n) is 3.24. The van der Waals surface area contributed by atoms with Crippen molar-refractivity contribution in [3.05, 3.63) is 17.8 Å². The van der Waals surface area contributed by atoms with E-state index in [0.717, 1.165) is 23.1 Å². The van der Waals surface area contributed by atoms with Gasteiger partial charge in [-0.3, -0.25) is 0 Å². The molecule has 3 rings (SSSR count). The fraction of sp³-hybridized carbons (Fsp3) is 0.500. The van der Waals surface area contributed by atoms with Crippen molar-refractivity contribution in [3.8, 4) is 5.88 Å². The average Bonchev–Trinajstić information content (AvgIpc) is 2.81. The summed E-state index contributed by atoms with van der Waals surface area (Å²) < 4.78 is 5.97. The second-order valence-electron chi connectivity index (χ2n) is 4.42. The van der Waals surface area contributed by atoms with Crippen molar-refractivity contribution in [2.75, 3.05) is 0 Å². The second-order valence-corrected chi connectivity index (χ2v) is 5.32. The van der Waals surface area contributed by atoms with E-state index in [9.17, 15) is 0 Å². The van der Waals surface area contributed by atoms with Crippen LogP contribution >= 0.6 is 11.3 Å². The molecular formula is C12H15N3OS. The molecular weight excluding hydrogens is 234 g/mol. The summed E-state index contributed by atoms with van der Waals surface area (Å²) >= 11 is 1.60. The topological polar surface area (TPSA) is 61.0 Å². The summed E-state index contributed by atoms with van der Waals surface area (Å²) in [6, 6.07) is 2.14. The van der Waals surface area contributed by atoms with Gasteiger partial charge in [0.1, 0.15) is 17.3 Å². The quantitative estimate of drug-likeness (QED) is 0.887. The molecule has 2 N–H and O–H groups in total.